The van der Waals surface area contributed by atoms with Crippen molar-refractivity contribution in [1.29, 1.82) is 0 Å². The molecule has 0 N–H and O–H groups in total. The zero-order valence-corrected chi connectivity index (χ0v) is 14.7. The van der Waals surface area contributed by atoms with E-state index in [9.17, 15) is 4.79 Å². The van der Waals surface area contributed by atoms with Crippen molar-refractivity contribution >= 4 is 16.9 Å². The smallest absolute Gasteiger partial charge is 0.223 e. The molecule has 2 unspecified atom stereocenters. The van der Waals surface area contributed by atoms with Crippen molar-refractivity contribution in [2.45, 2.75) is 38.1 Å². The lowest BCUT2D eigenvalue weighted by molar-refractivity contribution is -0.132. The van der Waals surface area contributed by atoms with Gasteiger partial charge in [0.05, 0.1) is 6.04 Å². The lowest BCUT2D eigenvalue weighted by Gasteiger charge is -2.25. The number of hydrogen-bond donors (Lipinski definition) is 0. The maximum atomic E-state index is 12.8. The van der Waals surface area contributed by atoms with E-state index in [0.29, 0.717) is 12.3 Å². The molecule has 25 heavy (non-hydrogen) atoms. The number of nitrogens with zero attached hydrogens (tertiary/aromatic N) is 1. The minimum atomic E-state index is -0.0726. The average molecular weight is 333 g/mol. The number of amides is 1. The molecule has 0 bridgehead atoms. The Morgan fingerprint density at radius 2 is 1.96 bits per heavy atom. The van der Waals surface area contributed by atoms with E-state index in [1.807, 2.05) is 49.2 Å². The number of fused-ring (bicyclic) bond motifs is 2. The zero-order chi connectivity index (χ0) is 17.4. The molecule has 0 saturated carbocycles. The monoisotopic (exact) mass is 333 g/mol. The van der Waals surface area contributed by atoms with Gasteiger partial charge in [0.25, 0.3) is 0 Å². The first-order chi connectivity index (χ1) is 12.1. The van der Waals surface area contributed by atoms with Crippen LogP contribution in [0.5, 0.6) is 0 Å². The number of aryl methyl sites for hydroxylation is 1. The van der Waals surface area contributed by atoms with Crippen molar-refractivity contribution in [2.75, 3.05) is 7.05 Å². The van der Waals surface area contributed by atoms with Crippen LogP contribution in [-0.4, -0.2) is 17.9 Å². The first-order valence-corrected chi connectivity index (χ1v) is 8.95. The summed E-state index contributed by atoms with van der Waals surface area (Å²) in [5.41, 5.74) is 3.61. The topological polar surface area (TPSA) is 33.5 Å². The second-order valence-corrected chi connectivity index (χ2v) is 7.01. The highest BCUT2D eigenvalue weighted by Crippen LogP contribution is 2.36. The zero-order valence-electron chi connectivity index (χ0n) is 14.7. The van der Waals surface area contributed by atoms with Crippen molar-refractivity contribution < 1.29 is 9.21 Å². The Morgan fingerprint density at radius 1 is 1.20 bits per heavy atom. The summed E-state index contributed by atoms with van der Waals surface area (Å²) in [5, 5.41) is 1.08. The third-order valence-electron chi connectivity index (χ3n) is 5.51. The Morgan fingerprint density at radius 3 is 2.80 bits per heavy atom. The number of carbonyl (C=O) groups is 1. The Balaban J connectivity index is 1.48. The van der Waals surface area contributed by atoms with Crippen LogP contribution in [-0.2, 0) is 11.2 Å². The fraction of sp³-hybridized carbons (Fsp3) is 0.318. The number of furan rings is 1. The Hall–Kier alpha value is -2.55. The van der Waals surface area contributed by atoms with Gasteiger partial charge in [-0.1, -0.05) is 42.5 Å². The van der Waals surface area contributed by atoms with Crippen LogP contribution in [0.3, 0.4) is 0 Å². The summed E-state index contributed by atoms with van der Waals surface area (Å²) in [5.74, 6) is 1.35. The van der Waals surface area contributed by atoms with Crippen molar-refractivity contribution in [3.8, 4) is 0 Å². The van der Waals surface area contributed by atoms with Gasteiger partial charge in [0.2, 0.25) is 5.91 Å². The average Bonchev–Trinajstić information content (AvgIpc) is 3.25. The predicted octanol–water partition coefficient (Wildman–Crippen LogP) is 5.07. The van der Waals surface area contributed by atoms with Gasteiger partial charge < -0.3 is 9.32 Å². The standard InChI is InChI=1S/C22H23NO2/c1-15(21-13-18-8-4-6-10-20(18)25-21)23(2)22(24)14-17-12-11-16-7-3-5-9-19(16)17/h3-10,13,15,17H,11-12,14H2,1-2H3. The summed E-state index contributed by atoms with van der Waals surface area (Å²) in [6, 6.07) is 18.4. The molecular weight excluding hydrogens is 310 g/mol. The van der Waals surface area contributed by atoms with E-state index in [4.69, 9.17) is 4.42 Å². The minimum Gasteiger partial charge on any atom is -0.459 e. The Kier molecular flexibility index (Phi) is 4.08. The lowest BCUT2D eigenvalue weighted by atomic mass is 9.97. The van der Waals surface area contributed by atoms with Crippen molar-refractivity contribution in [3.05, 3.63) is 71.5 Å². The van der Waals surface area contributed by atoms with E-state index in [2.05, 4.69) is 24.3 Å². The summed E-state index contributed by atoms with van der Waals surface area (Å²) in [6.45, 7) is 2.03. The number of rotatable bonds is 4. The molecule has 1 amide bonds. The molecule has 0 saturated heterocycles. The van der Waals surface area contributed by atoms with E-state index in [1.165, 1.54) is 11.1 Å². The highest BCUT2D eigenvalue weighted by atomic mass is 16.3. The van der Waals surface area contributed by atoms with Crippen molar-refractivity contribution in [3.63, 3.8) is 0 Å². The van der Waals surface area contributed by atoms with Gasteiger partial charge in [-0.25, -0.2) is 0 Å². The fourth-order valence-electron chi connectivity index (χ4n) is 3.83. The van der Waals surface area contributed by atoms with Crippen LogP contribution in [0, 0.1) is 0 Å². The van der Waals surface area contributed by atoms with E-state index < -0.39 is 0 Å². The van der Waals surface area contributed by atoms with E-state index in [-0.39, 0.29) is 11.9 Å². The molecule has 1 aromatic heterocycles. The van der Waals surface area contributed by atoms with E-state index in [0.717, 1.165) is 29.6 Å². The van der Waals surface area contributed by atoms with E-state index >= 15 is 0 Å². The molecular formula is C22H23NO2. The molecule has 3 aromatic rings. The molecule has 3 nitrogen and oxygen atoms in total. The first-order valence-electron chi connectivity index (χ1n) is 8.95. The lowest BCUT2D eigenvalue weighted by Crippen LogP contribution is -2.30. The number of carbonyl (C=O) groups excluding carboxylic acids is 1. The van der Waals surface area contributed by atoms with Gasteiger partial charge in [0.15, 0.2) is 0 Å². The second-order valence-electron chi connectivity index (χ2n) is 7.01. The van der Waals surface area contributed by atoms with Crippen LogP contribution in [0.1, 0.15) is 48.6 Å². The summed E-state index contributed by atoms with van der Waals surface area (Å²) in [7, 11) is 1.88. The van der Waals surface area contributed by atoms with Gasteiger partial charge >= 0.3 is 0 Å². The van der Waals surface area contributed by atoms with Crippen LogP contribution in [0.2, 0.25) is 0 Å². The molecule has 3 heteroatoms. The molecule has 1 aliphatic carbocycles. The van der Waals surface area contributed by atoms with Gasteiger partial charge in [-0.05, 0) is 48.9 Å². The molecule has 2 atom stereocenters. The molecule has 1 aliphatic rings. The summed E-state index contributed by atoms with van der Waals surface area (Å²) in [6.07, 6.45) is 2.72. The molecule has 0 aliphatic heterocycles. The van der Waals surface area contributed by atoms with Crippen LogP contribution in [0.4, 0.5) is 0 Å². The molecule has 0 spiro atoms. The Labute approximate surface area is 148 Å². The first kappa shape index (κ1) is 15.9. The van der Waals surface area contributed by atoms with Crippen LogP contribution in [0.25, 0.3) is 11.0 Å². The van der Waals surface area contributed by atoms with Gasteiger partial charge in [0, 0.05) is 18.9 Å². The quantitative estimate of drug-likeness (QED) is 0.668. The third kappa shape index (κ3) is 2.95. The highest BCUT2D eigenvalue weighted by molar-refractivity contribution is 5.79. The minimum absolute atomic E-state index is 0.0726. The highest BCUT2D eigenvalue weighted by Gasteiger charge is 2.27. The normalized spacial score (nSPS) is 17.4. The van der Waals surface area contributed by atoms with Gasteiger partial charge in [-0.3, -0.25) is 4.79 Å². The predicted molar refractivity (Wildman–Crippen MR) is 99.5 cm³/mol. The SMILES string of the molecule is CC(c1cc2ccccc2o1)N(C)C(=O)CC1CCc2ccccc21. The molecule has 4 rings (SSSR count). The van der Waals surface area contributed by atoms with E-state index in [1.54, 1.807) is 0 Å². The van der Waals surface area contributed by atoms with Gasteiger partial charge in [-0.2, -0.15) is 0 Å². The van der Waals surface area contributed by atoms with Gasteiger partial charge in [-0.15, -0.1) is 0 Å². The molecule has 128 valence electrons. The number of hydrogen-bond acceptors (Lipinski definition) is 2. The maximum Gasteiger partial charge on any atom is 0.223 e. The number of para-hydroxylation sites is 1. The molecule has 1 heterocycles. The third-order valence-corrected chi connectivity index (χ3v) is 5.51. The summed E-state index contributed by atoms with van der Waals surface area (Å²) in [4.78, 5) is 14.6. The maximum absolute atomic E-state index is 12.8. The fourth-order valence-corrected chi connectivity index (χ4v) is 3.83. The second kappa shape index (κ2) is 6.40. The largest absolute Gasteiger partial charge is 0.459 e. The van der Waals surface area contributed by atoms with Crippen LogP contribution >= 0.6 is 0 Å². The Bertz CT molecular complexity index is 878. The van der Waals surface area contributed by atoms with Gasteiger partial charge in [0.1, 0.15) is 11.3 Å². The van der Waals surface area contributed by atoms with Crippen LogP contribution < -0.4 is 0 Å². The molecule has 2 aromatic carbocycles. The van der Waals surface area contributed by atoms with Crippen molar-refractivity contribution in [1.82, 2.24) is 4.90 Å². The van der Waals surface area contributed by atoms with Crippen LogP contribution in [0.15, 0.2) is 59.0 Å². The molecule has 0 fully saturated rings. The number of benzene rings is 2. The summed E-state index contributed by atoms with van der Waals surface area (Å²) < 4.78 is 5.93. The summed E-state index contributed by atoms with van der Waals surface area (Å²) >= 11 is 0. The molecule has 0 radical (unpaired) electrons. The van der Waals surface area contributed by atoms with Crippen molar-refractivity contribution in [2.24, 2.45) is 0 Å².